The summed E-state index contributed by atoms with van der Waals surface area (Å²) < 4.78 is 0. The average molecular weight is 775 g/mol. The molecule has 0 spiro atoms. The number of carbonyl (C=O) groups is 5. The first-order chi connectivity index (χ1) is 26.3. The summed E-state index contributed by atoms with van der Waals surface area (Å²) in [4.78, 5) is 75.0. The number of amides is 4. The van der Waals surface area contributed by atoms with Gasteiger partial charge in [0.05, 0.1) is 25.5 Å². The van der Waals surface area contributed by atoms with Crippen LogP contribution in [0.3, 0.4) is 0 Å². The fraction of sp³-hybridized carbons (Fsp3) is 0.526. The van der Waals surface area contributed by atoms with Crippen molar-refractivity contribution < 1.29 is 43.3 Å². The number of benzene rings is 2. The van der Waals surface area contributed by atoms with Gasteiger partial charge in [0, 0.05) is 48.0 Å². The second-order valence-electron chi connectivity index (χ2n) is 12.7. The van der Waals surface area contributed by atoms with Gasteiger partial charge in [-0.3, -0.25) is 24.0 Å². The van der Waals surface area contributed by atoms with E-state index in [0.717, 1.165) is 56.2 Å². The van der Waals surface area contributed by atoms with Gasteiger partial charge >= 0.3 is 0 Å². The molecule has 2 atom stereocenters. The summed E-state index contributed by atoms with van der Waals surface area (Å²) in [6, 6.07) is 13.7. The van der Waals surface area contributed by atoms with Gasteiger partial charge in [0.2, 0.25) is 11.8 Å². The van der Waals surface area contributed by atoms with Crippen LogP contribution < -0.4 is 39.8 Å². The molecule has 0 aliphatic heterocycles. The molecule has 55 heavy (non-hydrogen) atoms. The van der Waals surface area contributed by atoms with E-state index in [1.807, 2.05) is 26.0 Å². The Balaban J connectivity index is 0.000000922. The fourth-order valence-corrected chi connectivity index (χ4v) is 4.39. The molecule has 4 amide bonds. The maximum Gasteiger partial charge on any atom is 0.251 e. The van der Waals surface area contributed by atoms with Crippen LogP contribution in [0, 0.1) is 11.8 Å². The van der Waals surface area contributed by atoms with Crippen molar-refractivity contribution in [2.24, 2.45) is 46.1 Å². The van der Waals surface area contributed by atoms with Gasteiger partial charge in [0.15, 0.2) is 5.78 Å². The highest BCUT2D eigenvalue weighted by Gasteiger charge is 2.10. The minimum absolute atomic E-state index is 0.0227. The predicted octanol–water partition coefficient (Wildman–Crippen LogP) is 2.80. The Hall–Kier alpha value is -4.78. The summed E-state index contributed by atoms with van der Waals surface area (Å²) >= 11 is 0. The summed E-state index contributed by atoms with van der Waals surface area (Å²) in [6.45, 7) is 9.89. The average Bonchev–Trinajstić information content (AvgIpc) is 3.17. The van der Waals surface area contributed by atoms with Gasteiger partial charge < -0.3 is 41.5 Å². The van der Waals surface area contributed by atoms with Crippen LogP contribution in [0.25, 0.3) is 0 Å². The molecule has 0 aliphatic carbocycles. The molecule has 17 heteroatoms. The van der Waals surface area contributed by atoms with E-state index >= 15 is 0 Å². The molecule has 0 aromatic heterocycles. The second kappa shape index (κ2) is 31.6. The molecule has 0 saturated heterocycles. The third kappa shape index (κ3) is 25.0. The smallest absolute Gasteiger partial charge is 0.251 e. The number of rotatable bonds is 25. The number of nitrogens with two attached hydrogens (primary N) is 5. The first kappa shape index (κ1) is 50.2. The molecule has 0 saturated carbocycles. The minimum Gasteiger partial charge on any atom is -0.395 e. The van der Waals surface area contributed by atoms with Crippen molar-refractivity contribution in [2.45, 2.75) is 79.1 Å². The molecule has 17 nitrogen and oxygen atoms in total. The molecule has 0 heterocycles. The number of nitrogens with one attached hydrogen (secondary N) is 2. The lowest BCUT2D eigenvalue weighted by molar-refractivity contribution is -0.122. The lowest BCUT2D eigenvalue weighted by Gasteiger charge is -2.08. The third-order valence-corrected chi connectivity index (χ3v) is 8.01. The number of carbonyl (C=O) groups excluding carboxylic acids is 5. The van der Waals surface area contributed by atoms with Gasteiger partial charge in [-0.05, 0) is 75.8 Å². The molecule has 308 valence electrons. The summed E-state index contributed by atoms with van der Waals surface area (Å²) in [5.74, 6) is 13.1. The van der Waals surface area contributed by atoms with Crippen molar-refractivity contribution in [3.63, 3.8) is 0 Å². The Bertz CT molecular complexity index is 1420. The normalized spacial score (nSPS) is 11.8. The van der Waals surface area contributed by atoms with Crippen molar-refractivity contribution in [3.05, 3.63) is 70.8 Å². The first-order valence-corrected chi connectivity index (χ1v) is 18.3. The van der Waals surface area contributed by atoms with Crippen molar-refractivity contribution in [2.75, 3.05) is 39.5 Å². The zero-order chi connectivity index (χ0) is 41.4. The molecule has 0 unspecified atom stereocenters. The van der Waals surface area contributed by atoms with E-state index in [9.17, 15) is 24.0 Å². The Kier molecular flexibility index (Phi) is 28.8. The number of oxime groups is 1. The summed E-state index contributed by atoms with van der Waals surface area (Å²) in [6.07, 6.45) is 6.16. The zero-order valence-electron chi connectivity index (χ0n) is 32.7. The first-order valence-electron chi connectivity index (χ1n) is 18.3. The number of Topliss-reactive ketones (excluding diaryl/α,β-unsaturated/α-hetero) is 1. The maximum absolute atomic E-state index is 12.1. The summed E-state index contributed by atoms with van der Waals surface area (Å²) in [5.41, 5.74) is 13.7. The van der Waals surface area contributed by atoms with E-state index in [1.165, 1.54) is 6.92 Å². The van der Waals surface area contributed by atoms with Crippen molar-refractivity contribution in [3.8, 4) is 0 Å². The van der Waals surface area contributed by atoms with Gasteiger partial charge in [0.25, 0.3) is 11.8 Å². The van der Waals surface area contributed by atoms with Gasteiger partial charge in [0.1, 0.15) is 6.61 Å². The number of hydrogen-bond acceptors (Lipinski definition) is 13. The van der Waals surface area contributed by atoms with Crippen LogP contribution in [-0.2, 0) is 28.9 Å². The topological polar surface area (TPSA) is 289 Å². The van der Waals surface area contributed by atoms with Crippen molar-refractivity contribution >= 4 is 35.1 Å². The van der Waals surface area contributed by atoms with E-state index in [2.05, 4.69) is 42.1 Å². The molecule has 2 rings (SSSR count). The third-order valence-electron chi connectivity index (χ3n) is 8.01. The van der Waals surface area contributed by atoms with E-state index in [0.29, 0.717) is 62.6 Å². The monoisotopic (exact) mass is 774 g/mol. The zero-order valence-corrected chi connectivity index (χ0v) is 32.7. The highest BCUT2D eigenvalue weighted by atomic mass is 16.6. The van der Waals surface area contributed by atoms with Gasteiger partial charge in [-0.2, -0.15) is 0 Å². The van der Waals surface area contributed by atoms with Crippen LogP contribution in [-0.4, -0.2) is 74.6 Å². The highest BCUT2D eigenvalue weighted by molar-refractivity contribution is 6.00. The van der Waals surface area contributed by atoms with Gasteiger partial charge in [-0.15, -0.1) is 0 Å². The summed E-state index contributed by atoms with van der Waals surface area (Å²) in [7, 11) is 0. The molecule has 0 bridgehead atoms. The SMILES string of the molecule is C/C(=N\OCCCON)c1ccc(C(=O)NCCCC[C@H](C)C(N)=O)cc1.CC(=O)c1ccc(C(=O)NCCCC[C@H](C)C(N)=O)cc1.NOCCCON. The Labute approximate surface area is 324 Å². The Morgan fingerprint density at radius 2 is 0.927 bits per heavy atom. The highest BCUT2D eigenvalue weighted by Crippen LogP contribution is 2.10. The molecular formula is C38H62N8O9. The molecule has 12 N–H and O–H groups in total. The quantitative estimate of drug-likeness (QED) is 0.0332. The Morgan fingerprint density at radius 3 is 1.29 bits per heavy atom. The molecule has 0 radical (unpaired) electrons. The number of primary amides is 2. The number of hydrogen-bond donors (Lipinski definition) is 7. The van der Waals surface area contributed by atoms with Crippen LogP contribution in [0.2, 0.25) is 0 Å². The van der Waals surface area contributed by atoms with Gasteiger partial charge in [-0.25, -0.2) is 17.7 Å². The second-order valence-corrected chi connectivity index (χ2v) is 12.7. The van der Waals surface area contributed by atoms with Crippen LogP contribution in [0.15, 0.2) is 53.7 Å². The molecule has 2 aromatic carbocycles. The lowest BCUT2D eigenvalue weighted by atomic mass is 10.0. The Morgan fingerprint density at radius 1 is 0.564 bits per heavy atom. The standard InChI is InChI=1S/C19H30N4O4.C16H22N2O3.C3H10N2O2/c1-14(18(20)24)6-3-4-11-22-19(25)17-9-7-16(8-10-17)15(2)23-27-13-5-12-26-21;1-11(15(17)20)5-3-4-10-18-16(21)14-8-6-13(7-9-14)12(2)19;4-6-2-1-3-7-5/h7-10,14H,3-6,11-13,21H2,1-2H3,(H2,20,24)(H,22,25);6-9,11H,3-5,10H2,1-2H3,(H2,17,20)(H,18,21);1-5H2/b23-15+;;/t14-;11-;/m00./s1. The van der Waals surface area contributed by atoms with E-state index in [1.54, 1.807) is 43.3 Å². The van der Waals surface area contributed by atoms with Crippen LogP contribution >= 0.6 is 0 Å². The van der Waals surface area contributed by atoms with E-state index in [-0.39, 0.29) is 41.2 Å². The minimum atomic E-state index is -0.287. The number of unbranched alkanes of at least 4 members (excludes halogenated alkanes) is 2. The molecule has 0 aliphatic rings. The van der Waals surface area contributed by atoms with Gasteiger partial charge in [-0.1, -0.05) is 56.1 Å². The fourth-order valence-electron chi connectivity index (χ4n) is 4.39. The number of ketones is 1. The lowest BCUT2D eigenvalue weighted by Crippen LogP contribution is -2.25. The molecule has 2 aromatic rings. The summed E-state index contributed by atoms with van der Waals surface area (Å²) in [5, 5.41) is 9.71. The largest absolute Gasteiger partial charge is 0.395 e. The van der Waals surface area contributed by atoms with E-state index < -0.39 is 0 Å². The maximum atomic E-state index is 12.1. The predicted molar refractivity (Wildman–Crippen MR) is 210 cm³/mol. The number of nitrogens with zero attached hydrogens (tertiary/aromatic N) is 1. The van der Waals surface area contributed by atoms with Crippen LogP contribution in [0.5, 0.6) is 0 Å². The van der Waals surface area contributed by atoms with Crippen molar-refractivity contribution in [1.29, 1.82) is 0 Å². The van der Waals surface area contributed by atoms with E-state index in [4.69, 9.17) is 22.2 Å². The van der Waals surface area contributed by atoms with Crippen LogP contribution in [0.4, 0.5) is 0 Å². The molecular weight excluding hydrogens is 712 g/mol. The molecule has 0 fully saturated rings. The van der Waals surface area contributed by atoms with Crippen molar-refractivity contribution in [1.82, 2.24) is 10.6 Å². The van der Waals surface area contributed by atoms with Crippen LogP contribution in [0.1, 0.15) is 116 Å².